The highest BCUT2D eigenvalue weighted by Gasteiger charge is 2.31. The number of pyridine rings is 1. The molecule has 2 aromatic heterocycles. The zero-order valence-corrected chi connectivity index (χ0v) is 15.9. The van der Waals surface area contributed by atoms with Gasteiger partial charge in [0.25, 0.3) is 0 Å². The van der Waals surface area contributed by atoms with Crippen LogP contribution in [-0.2, 0) is 10.9 Å². The number of ether oxygens (including phenoxy) is 1. The molecule has 30 heavy (non-hydrogen) atoms. The fourth-order valence-electron chi connectivity index (χ4n) is 3.13. The van der Waals surface area contributed by atoms with Crippen LogP contribution in [0.5, 0.6) is 0 Å². The number of nitrogens with zero attached hydrogens (tertiary/aromatic N) is 3. The van der Waals surface area contributed by atoms with Crippen LogP contribution in [0.3, 0.4) is 0 Å². The lowest BCUT2D eigenvalue weighted by atomic mass is 10.0. The fourth-order valence-corrected chi connectivity index (χ4v) is 3.13. The second kappa shape index (κ2) is 8.08. The van der Waals surface area contributed by atoms with Gasteiger partial charge in [-0.25, -0.2) is 9.97 Å². The molecule has 1 N–H and O–H groups in total. The van der Waals surface area contributed by atoms with E-state index in [2.05, 4.69) is 20.3 Å². The van der Waals surface area contributed by atoms with E-state index in [-0.39, 0.29) is 6.73 Å². The summed E-state index contributed by atoms with van der Waals surface area (Å²) in [5, 5.41) is 3.65. The van der Waals surface area contributed by atoms with Gasteiger partial charge in [0.2, 0.25) is 0 Å². The molecule has 0 bridgehead atoms. The van der Waals surface area contributed by atoms with Gasteiger partial charge in [-0.1, -0.05) is 18.2 Å². The highest BCUT2D eigenvalue weighted by atomic mass is 19.4. The van der Waals surface area contributed by atoms with E-state index >= 15 is 0 Å². The van der Waals surface area contributed by atoms with Crippen LogP contribution in [0.2, 0.25) is 0 Å². The number of para-hydroxylation sites is 1. The summed E-state index contributed by atoms with van der Waals surface area (Å²) in [5.41, 5.74) is 1.79. The lowest BCUT2D eigenvalue weighted by molar-refractivity contribution is -0.137. The first-order valence-electron chi connectivity index (χ1n) is 9.09. The van der Waals surface area contributed by atoms with E-state index in [1.54, 1.807) is 42.7 Å². The average molecular weight is 410 g/mol. The van der Waals surface area contributed by atoms with Gasteiger partial charge in [-0.3, -0.25) is 4.98 Å². The predicted octanol–water partition coefficient (Wildman–Crippen LogP) is 5.39. The lowest BCUT2D eigenvalue weighted by Gasteiger charge is -2.16. The molecule has 152 valence electrons. The van der Waals surface area contributed by atoms with Crippen molar-refractivity contribution in [2.24, 2.45) is 0 Å². The Labute approximate surface area is 170 Å². The number of anilines is 1. The van der Waals surface area contributed by atoms with Crippen molar-refractivity contribution < 1.29 is 17.9 Å². The Morgan fingerprint density at radius 2 is 1.73 bits per heavy atom. The minimum absolute atomic E-state index is 0.137. The summed E-state index contributed by atoms with van der Waals surface area (Å²) in [4.78, 5) is 13.2. The third-order valence-electron chi connectivity index (χ3n) is 4.55. The van der Waals surface area contributed by atoms with Crippen LogP contribution in [0.1, 0.15) is 5.56 Å². The molecule has 2 aromatic carbocycles. The summed E-state index contributed by atoms with van der Waals surface area (Å²) in [6.45, 7) is 0.137. The molecular weight excluding hydrogens is 393 g/mol. The maximum Gasteiger partial charge on any atom is 0.416 e. The first-order valence-corrected chi connectivity index (χ1v) is 9.09. The van der Waals surface area contributed by atoms with E-state index in [9.17, 15) is 13.2 Å². The van der Waals surface area contributed by atoms with Crippen molar-refractivity contribution in [2.45, 2.75) is 6.18 Å². The van der Waals surface area contributed by atoms with Gasteiger partial charge in [-0.15, -0.1) is 0 Å². The SMILES string of the molecule is COCNc1ccc(C(F)(F)F)cc1-c1nc(-c2ccncc2)nc2ccccc12. The number of methoxy groups -OCH3 is 1. The van der Waals surface area contributed by atoms with Gasteiger partial charge < -0.3 is 10.1 Å². The first kappa shape index (κ1) is 19.8. The normalized spacial score (nSPS) is 11.6. The molecule has 0 aliphatic carbocycles. The Hall–Kier alpha value is -3.52. The van der Waals surface area contributed by atoms with Crippen molar-refractivity contribution >= 4 is 16.6 Å². The van der Waals surface area contributed by atoms with Crippen LogP contribution in [0.4, 0.5) is 18.9 Å². The summed E-state index contributed by atoms with van der Waals surface area (Å²) in [6.07, 6.45) is -1.25. The molecule has 0 aliphatic rings. The highest BCUT2D eigenvalue weighted by Crippen LogP contribution is 2.38. The van der Waals surface area contributed by atoms with Crippen LogP contribution in [0, 0.1) is 0 Å². The van der Waals surface area contributed by atoms with Gasteiger partial charge in [0.15, 0.2) is 5.82 Å². The zero-order valence-electron chi connectivity index (χ0n) is 15.9. The van der Waals surface area contributed by atoms with E-state index in [1.807, 2.05) is 6.07 Å². The van der Waals surface area contributed by atoms with Gasteiger partial charge in [0, 0.05) is 41.7 Å². The number of fused-ring (bicyclic) bond motifs is 1. The van der Waals surface area contributed by atoms with E-state index in [4.69, 9.17) is 4.74 Å². The average Bonchev–Trinajstić information content (AvgIpc) is 2.77. The Kier molecular flexibility index (Phi) is 5.33. The fraction of sp³-hybridized carbons (Fsp3) is 0.136. The Morgan fingerprint density at radius 1 is 0.967 bits per heavy atom. The van der Waals surface area contributed by atoms with Crippen LogP contribution in [-0.4, -0.2) is 28.8 Å². The van der Waals surface area contributed by atoms with E-state index in [1.165, 1.54) is 13.2 Å². The minimum Gasteiger partial charge on any atom is -0.365 e. The molecule has 4 rings (SSSR count). The van der Waals surface area contributed by atoms with Gasteiger partial charge in [0.1, 0.15) is 6.73 Å². The Morgan fingerprint density at radius 3 is 2.47 bits per heavy atom. The molecule has 0 amide bonds. The summed E-state index contributed by atoms with van der Waals surface area (Å²) in [6, 6.07) is 14.3. The zero-order chi connectivity index (χ0) is 21.1. The molecule has 0 saturated heterocycles. The van der Waals surface area contributed by atoms with Gasteiger partial charge in [-0.05, 0) is 36.4 Å². The number of alkyl halides is 3. The number of rotatable bonds is 5. The molecular formula is C22H17F3N4O. The van der Waals surface area contributed by atoms with E-state index in [0.717, 1.165) is 17.7 Å². The maximum absolute atomic E-state index is 13.4. The van der Waals surface area contributed by atoms with E-state index < -0.39 is 11.7 Å². The van der Waals surface area contributed by atoms with Crippen LogP contribution >= 0.6 is 0 Å². The topological polar surface area (TPSA) is 59.9 Å². The predicted molar refractivity (Wildman–Crippen MR) is 109 cm³/mol. The lowest BCUT2D eigenvalue weighted by Crippen LogP contribution is -2.09. The largest absolute Gasteiger partial charge is 0.416 e. The van der Waals surface area contributed by atoms with Crippen molar-refractivity contribution in [3.8, 4) is 22.6 Å². The van der Waals surface area contributed by atoms with Crippen molar-refractivity contribution in [3.63, 3.8) is 0 Å². The van der Waals surface area contributed by atoms with Crippen molar-refractivity contribution in [1.29, 1.82) is 0 Å². The molecule has 5 nitrogen and oxygen atoms in total. The number of hydrogen-bond acceptors (Lipinski definition) is 5. The van der Waals surface area contributed by atoms with Gasteiger partial charge in [0.05, 0.1) is 16.8 Å². The molecule has 0 unspecified atom stereocenters. The molecule has 0 spiro atoms. The molecule has 0 aliphatic heterocycles. The Balaban J connectivity index is 2.00. The number of aromatic nitrogens is 3. The number of benzene rings is 2. The van der Waals surface area contributed by atoms with Crippen molar-refractivity contribution in [1.82, 2.24) is 15.0 Å². The van der Waals surface area contributed by atoms with Crippen molar-refractivity contribution in [3.05, 3.63) is 72.6 Å². The standard InChI is InChI=1S/C22H17F3N4O/c1-30-13-27-18-7-6-15(22(23,24)25)12-17(18)20-16-4-2-3-5-19(16)28-21(29-20)14-8-10-26-11-9-14/h2-12,27H,13H2,1H3. The van der Waals surface area contributed by atoms with Crippen LogP contribution < -0.4 is 5.32 Å². The third-order valence-corrected chi connectivity index (χ3v) is 4.55. The summed E-state index contributed by atoms with van der Waals surface area (Å²) in [7, 11) is 1.50. The number of nitrogens with one attached hydrogen (secondary N) is 1. The van der Waals surface area contributed by atoms with Crippen molar-refractivity contribution in [2.75, 3.05) is 19.2 Å². The number of halogens is 3. The monoisotopic (exact) mass is 410 g/mol. The molecule has 0 fully saturated rings. The maximum atomic E-state index is 13.4. The second-order valence-corrected chi connectivity index (χ2v) is 6.52. The third kappa shape index (κ3) is 3.95. The smallest absolute Gasteiger partial charge is 0.365 e. The first-order chi connectivity index (χ1) is 14.5. The summed E-state index contributed by atoms with van der Waals surface area (Å²) in [5.74, 6) is 0.404. The van der Waals surface area contributed by atoms with Crippen LogP contribution in [0.15, 0.2) is 67.0 Å². The molecule has 2 heterocycles. The van der Waals surface area contributed by atoms with Crippen LogP contribution in [0.25, 0.3) is 33.5 Å². The highest BCUT2D eigenvalue weighted by molar-refractivity contribution is 5.97. The summed E-state index contributed by atoms with van der Waals surface area (Å²) >= 11 is 0. The Bertz CT molecular complexity index is 1180. The molecule has 0 atom stereocenters. The molecule has 4 aromatic rings. The van der Waals surface area contributed by atoms with Gasteiger partial charge >= 0.3 is 6.18 Å². The second-order valence-electron chi connectivity index (χ2n) is 6.52. The summed E-state index contributed by atoms with van der Waals surface area (Å²) < 4.78 is 45.4. The molecule has 0 saturated carbocycles. The number of hydrogen-bond donors (Lipinski definition) is 1. The quantitative estimate of drug-likeness (QED) is 0.447. The van der Waals surface area contributed by atoms with E-state index in [0.29, 0.717) is 33.7 Å². The molecule has 8 heteroatoms. The molecule has 0 radical (unpaired) electrons. The minimum atomic E-state index is -4.48. The van der Waals surface area contributed by atoms with Gasteiger partial charge in [-0.2, -0.15) is 13.2 Å².